The number of hydrogen-bond donors (Lipinski definition) is 1. The van der Waals surface area contributed by atoms with Gasteiger partial charge in [0.1, 0.15) is 11.5 Å². The van der Waals surface area contributed by atoms with Gasteiger partial charge in [-0.1, -0.05) is 6.07 Å². The maximum atomic E-state index is 12.6. The first-order valence-electron chi connectivity index (χ1n) is 12.4. The molecule has 1 N–H and O–H groups in total. The van der Waals surface area contributed by atoms with Crippen LogP contribution in [0.3, 0.4) is 0 Å². The smallest absolute Gasteiger partial charge is 0.328 e. The van der Waals surface area contributed by atoms with Crippen LogP contribution in [-0.4, -0.2) is 62.0 Å². The summed E-state index contributed by atoms with van der Waals surface area (Å²) >= 11 is 0. The fourth-order valence-corrected chi connectivity index (χ4v) is 5.69. The van der Waals surface area contributed by atoms with Crippen molar-refractivity contribution in [2.24, 2.45) is 5.92 Å². The van der Waals surface area contributed by atoms with Crippen LogP contribution in [0.2, 0.25) is 0 Å². The van der Waals surface area contributed by atoms with E-state index in [-0.39, 0.29) is 12.4 Å². The lowest BCUT2D eigenvalue weighted by Gasteiger charge is -2.42. The Kier molecular flexibility index (Phi) is 8.34. The van der Waals surface area contributed by atoms with Gasteiger partial charge in [0.15, 0.2) is 11.5 Å². The summed E-state index contributed by atoms with van der Waals surface area (Å²) in [5.74, 6) is 3.71. The van der Waals surface area contributed by atoms with Crippen molar-refractivity contribution in [1.82, 2.24) is 14.5 Å². The van der Waals surface area contributed by atoms with Crippen molar-refractivity contribution in [3.05, 3.63) is 56.7 Å². The van der Waals surface area contributed by atoms with Gasteiger partial charge in [-0.3, -0.25) is 14.3 Å². The molecule has 2 aliphatic rings. The minimum Gasteiger partial charge on any atom is -0.496 e. The predicted octanol–water partition coefficient (Wildman–Crippen LogP) is 3.42. The number of H-pyrrole nitrogens is 1. The van der Waals surface area contributed by atoms with Crippen LogP contribution in [0.15, 0.2) is 39.9 Å². The standard InChI is InChI=1S/C27H33N3O6.ClH/c1-33-21-7-6-8-22-25(21)18-9-12-29(15-17(18)16-36-22)10-4-5-11-30-20-14-24(35-3)23(34-2)13-19(20)26(31)28-27(30)32;/h6-8,13-14,17-18H,4-5,9-12,15-16H2,1-3H3,(H,28,31,32);1H/t17-,18+;/m1./s1. The lowest BCUT2D eigenvalue weighted by molar-refractivity contribution is 0.0903. The van der Waals surface area contributed by atoms with Crippen LogP contribution in [0, 0.1) is 5.92 Å². The molecule has 0 saturated carbocycles. The second-order valence-corrected chi connectivity index (χ2v) is 9.48. The van der Waals surface area contributed by atoms with Gasteiger partial charge in [0.25, 0.3) is 5.56 Å². The minimum atomic E-state index is -0.428. The Morgan fingerprint density at radius 1 is 1.00 bits per heavy atom. The first-order chi connectivity index (χ1) is 17.5. The van der Waals surface area contributed by atoms with E-state index in [9.17, 15) is 9.59 Å². The number of nitrogens with one attached hydrogen (secondary N) is 1. The fraction of sp³-hybridized carbons (Fsp3) is 0.481. The number of nitrogens with zero attached hydrogens (tertiary/aromatic N) is 2. The third-order valence-electron chi connectivity index (χ3n) is 7.50. The summed E-state index contributed by atoms with van der Waals surface area (Å²) in [6.45, 7) is 4.20. The molecule has 3 aromatic rings. The Balaban J connectivity index is 0.00000320. The normalized spacial score (nSPS) is 18.8. The second-order valence-electron chi connectivity index (χ2n) is 9.48. The van der Waals surface area contributed by atoms with E-state index in [0.29, 0.717) is 40.8 Å². The number of fused-ring (bicyclic) bond motifs is 4. The number of piperidine rings is 1. The Bertz CT molecular complexity index is 1360. The maximum absolute atomic E-state index is 12.6. The largest absolute Gasteiger partial charge is 0.496 e. The molecule has 0 unspecified atom stereocenters. The van der Waals surface area contributed by atoms with Crippen LogP contribution in [-0.2, 0) is 6.54 Å². The third kappa shape index (κ3) is 5.15. The Labute approximate surface area is 221 Å². The highest BCUT2D eigenvalue weighted by Crippen LogP contribution is 2.46. The Hall–Kier alpha value is -3.17. The van der Waals surface area contributed by atoms with Crippen molar-refractivity contribution < 1.29 is 18.9 Å². The zero-order valence-electron chi connectivity index (χ0n) is 21.5. The molecule has 5 rings (SSSR count). The number of halogens is 1. The molecule has 9 nitrogen and oxygen atoms in total. The SMILES string of the molecule is COc1cc2c(=O)[nH]c(=O)n(CCCCN3CC[C@@H]4c5c(OC)cccc5OC[C@H]4C3)c2cc1OC.Cl. The lowest BCUT2D eigenvalue weighted by atomic mass is 9.78. The van der Waals surface area contributed by atoms with E-state index >= 15 is 0 Å². The molecule has 2 aromatic carbocycles. The monoisotopic (exact) mass is 531 g/mol. The number of aryl methyl sites for hydroxylation is 1. The second kappa shape index (κ2) is 11.5. The van der Waals surface area contributed by atoms with Crippen molar-refractivity contribution in [3.63, 3.8) is 0 Å². The van der Waals surface area contributed by atoms with Gasteiger partial charge < -0.3 is 23.8 Å². The van der Waals surface area contributed by atoms with Gasteiger partial charge in [-0.15, -0.1) is 12.4 Å². The number of methoxy groups -OCH3 is 3. The van der Waals surface area contributed by atoms with Crippen molar-refractivity contribution in [1.29, 1.82) is 0 Å². The van der Waals surface area contributed by atoms with Crippen LogP contribution in [0.1, 0.15) is 30.7 Å². The predicted molar refractivity (Wildman–Crippen MR) is 144 cm³/mol. The van der Waals surface area contributed by atoms with Gasteiger partial charge in [0.2, 0.25) is 0 Å². The summed E-state index contributed by atoms with van der Waals surface area (Å²) in [5, 5.41) is 0.405. The number of aromatic nitrogens is 2. The van der Waals surface area contributed by atoms with Gasteiger partial charge in [-0.2, -0.15) is 0 Å². The molecule has 3 heterocycles. The summed E-state index contributed by atoms with van der Waals surface area (Å²) in [7, 11) is 4.78. The first-order valence-corrected chi connectivity index (χ1v) is 12.4. The number of ether oxygens (including phenoxy) is 4. The van der Waals surface area contributed by atoms with E-state index in [1.165, 1.54) is 19.8 Å². The molecule has 0 radical (unpaired) electrons. The number of unbranched alkanes of at least 4 members (excludes halogenated alkanes) is 1. The fourth-order valence-electron chi connectivity index (χ4n) is 5.69. The summed E-state index contributed by atoms with van der Waals surface area (Å²) in [5.41, 5.74) is 0.928. The third-order valence-corrected chi connectivity index (χ3v) is 7.50. The first kappa shape index (κ1) is 26.9. The molecule has 1 saturated heterocycles. The van der Waals surface area contributed by atoms with E-state index in [2.05, 4.69) is 9.88 Å². The number of hydrogen-bond acceptors (Lipinski definition) is 7. The van der Waals surface area contributed by atoms with E-state index in [1.807, 2.05) is 18.2 Å². The van der Waals surface area contributed by atoms with Crippen molar-refractivity contribution in [2.45, 2.75) is 31.7 Å². The molecule has 10 heteroatoms. The average molecular weight is 532 g/mol. The summed E-state index contributed by atoms with van der Waals surface area (Å²) in [6.07, 6.45) is 2.83. The molecule has 0 spiro atoms. The minimum absolute atomic E-state index is 0. The number of aromatic amines is 1. The van der Waals surface area contributed by atoms with Crippen LogP contribution >= 0.6 is 12.4 Å². The van der Waals surface area contributed by atoms with E-state index in [0.717, 1.165) is 57.0 Å². The molecular formula is C27H34ClN3O6. The maximum Gasteiger partial charge on any atom is 0.328 e. The van der Waals surface area contributed by atoms with Gasteiger partial charge in [-0.05, 0) is 56.5 Å². The summed E-state index contributed by atoms with van der Waals surface area (Å²) in [4.78, 5) is 29.9. The molecule has 1 aromatic heterocycles. The summed E-state index contributed by atoms with van der Waals surface area (Å²) in [6, 6.07) is 9.35. The van der Waals surface area contributed by atoms with Gasteiger partial charge >= 0.3 is 5.69 Å². The molecule has 37 heavy (non-hydrogen) atoms. The van der Waals surface area contributed by atoms with Gasteiger partial charge in [0.05, 0.1) is 38.8 Å². The lowest BCUT2D eigenvalue weighted by Crippen LogP contribution is -2.44. The molecule has 0 amide bonds. The van der Waals surface area contributed by atoms with Crippen molar-refractivity contribution in [3.8, 4) is 23.0 Å². The highest BCUT2D eigenvalue weighted by Gasteiger charge is 2.37. The van der Waals surface area contributed by atoms with Crippen LogP contribution in [0.5, 0.6) is 23.0 Å². The van der Waals surface area contributed by atoms with Gasteiger partial charge in [0, 0.05) is 30.6 Å². The number of rotatable bonds is 8. The Morgan fingerprint density at radius 3 is 2.49 bits per heavy atom. The quantitative estimate of drug-likeness (QED) is 0.445. The molecule has 2 atom stereocenters. The highest BCUT2D eigenvalue weighted by molar-refractivity contribution is 5.85. The molecule has 200 valence electrons. The van der Waals surface area contributed by atoms with E-state index in [4.69, 9.17) is 18.9 Å². The topological polar surface area (TPSA) is 95.0 Å². The van der Waals surface area contributed by atoms with E-state index in [1.54, 1.807) is 23.8 Å². The van der Waals surface area contributed by atoms with E-state index < -0.39 is 11.2 Å². The zero-order chi connectivity index (χ0) is 25.2. The zero-order valence-corrected chi connectivity index (χ0v) is 22.3. The van der Waals surface area contributed by atoms with Gasteiger partial charge in [-0.25, -0.2) is 4.79 Å². The van der Waals surface area contributed by atoms with Crippen LogP contribution in [0.25, 0.3) is 10.9 Å². The highest BCUT2D eigenvalue weighted by atomic mass is 35.5. The molecule has 2 aliphatic heterocycles. The Morgan fingerprint density at radius 2 is 1.73 bits per heavy atom. The average Bonchev–Trinajstić information content (AvgIpc) is 2.91. The molecular weight excluding hydrogens is 498 g/mol. The number of benzene rings is 2. The summed E-state index contributed by atoms with van der Waals surface area (Å²) < 4.78 is 24.0. The molecule has 1 fully saturated rings. The van der Waals surface area contributed by atoms with Crippen molar-refractivity contribution >= 4 is 23.3 Å². The molecule has 0 aliphatic carbocycles. The van der Waals surface area contributed by atoms with Crippen molar-refractivity contribution in [2.75, 3.05) is 47.6 Å². The molecule has 0 bridgehead atoms. The van der Waals surface area contributed by atoms with Crippen LogP contribution < -0.4 is 30.2 Å². The number of likely N-dealkylation sites (tertiary alicyclic amines) is 1. The van der Waals surface area contributed by atoms with Crippen LogP contribution in [0.4, 0.5) is 0 Å².